The molecule has 6 nitrogen and oxygen atoms in total. The van der Waals surface area contributed by atoms with Gasteiger partial charge in [0.15, 0.2) is 11.5 Å². The van der Waals surface area contributed by atoms with Gasteiger partial charge in [0.1, 0.15) is 0 Å². The first-order chi connectivity index (χ1) is 8.51. The molecular weight excluding hydrogens is 240 g/mol. The van der Waals surface area contributed by atoms with Crippen molar-refractivity contribution in [1.82, 2.24) is 0 Å². The summed E-state index contributed by atoms with van der Waals surface area (Å²) in [6.45, 7) is 1.64. The first kappa shape index (κ1) is 14.0. The Hall–Kier alpha value is -2.08. The van der Waals surface area contributed by atoms with Gasteiger partial charge in [-0.2, -0.15) is 0 Å². The quantitative estimate of drug-likeness (QED) is 0.451. The van der Waals surface area contributed by atoms with E-state index in [2.05, 4.69) is 4.74 Å². The fourth-order valence-corrected chi connectivity index (χ4v) is 1.32. The van der Waals surface area contributed by atoms with Crippen molar-refractivity contribution in [3.63, 3.8) is 0 Å². The molecule has 1 aromatic carbocycles. The normalized spacial score (nSPS) is 11.7. The van der Waals surface area contributed by atoms with E-state index in [9.17, 15) is 19.8 Å². The Kier molecular flexibility index (Phi) is 4.67. The van der Waals surface area contributed by atoms with Crippen LogP contribution in [0.5, 0.6) is 11.5 Å². The van der Waals surface area contributed by atoms with Crippen LogP contribution in [0.2, 0.25) is 0 Å². The molecule has 0 aliphatic carbocycles. The van der Waals surface area contributed by atoms with Gasteiger partial charge in [-0.3, -0.25) is 4.79 Å². The van der Waals surface area contributed by atoms with Crippen molar-refractivity contribution in [2.75, 3.05) is 13.7 Å². The highest BCUT2D eigenvalue weighted by molar-refractivity contribution is 6.11. The Labute approximate surface area is 104 Å². The summed E-state index contributed by atoms with van der Waals surface area (Å²) in [4.78, 5) is 23.0. The van der Waals surface area contributed by atoms with Crippen LogP contribution < -0.4 is 4.74 Å². The molecule has 0 saturated carbocycles. The minimum Gasteiger partial charge on any atom is -0.504 e. The van der Waals surface area contributed by atoms with Crippen LogP contribution >= 0.6 is 0 Å². The molecule has 2 N–H and O–H groups in total. The summed E-state index contributed by atoms with van der Waals surface area (Å²) in [5.74, 6) is -1.88. The zero-order valence-corrected chi connectivity index (χ0v) is 10.0. The summed E-state index contributed by atoms with van der Waals surface area (Å²) in [7, 11) is 1.32. The van der Waals surface area contributed by atoms with E-state index >= 15 is 0 Å². The number of carbonyl (C=O) groups excluding carboxylic acids is 2. The highest BCUT2D eigenvalue weighted by Crippen LogP contribution is 2.26. The summed E-state index contributed by atoms with van der Waals surface area (Å²) in [5, 5.41) is 18.8. The first-order valence-corrected chi connectivity index (χ1v) is 5.27. The van der Waals surface area contributed by atoms with Crippen LogP contribution in [0.4, 0.5) is 0 Å². The molecule has 0 saturated heterocycles. The molecule has 0 aromatic heterocycles. The minimum absolute atomic E-state index is 0.0465. The van der Waals surface area contributed by atoms with Crippen molar-refractivity contribution in [3.8, 4) is 11.5 Å². The minimum atomic E-state index is -1.88. The molecule has 98 valence electrons. The molecule has 0 amide bonds. The number of Topliss-reactive ketones (excluding diaryl/α,β-unsaturated/α-hetero) is 1. The third-order valence-corrected chi connectivity index (χ3v) is 2.22. The second-order valence-electron chi connectivity index (χ2n) is 3.41. The van der Waals surface area contributed by atoms with Gasteiger partial charge in [0.05, 0.1) is 13.7 Å². The molecule has 0 aliphatic heterocycles. The molecule has 0 heterocycles. The number of ether oxygens (including phenoxy) is 2. The van der Waals surface area contributed by atoms with Gasteiger partial charge in [-0.25, -0.2) is 4.79 Å². The molecule has 18 heavy (non-hydrogen) atoms. The van der Waals surface area contributed by atoms with Gasteiger partial charge in [0.25, 0.3) is 0 Å². The van der Waals surface area contributed by atoms with Gasteiger partial charge < -0.3 is 19.7 Å². The Balaban J connectivity index is 2.93. The maximum absolute atomic E-state index is 11.8. The number of ketones is 1. The van der Waals surface area contributed by atoms with Crippen LogP contribution in [0, 0.1) is 0 Å². The van der Waals surface area contributed by atoms with Gasteiger partial charge in [0.2, 0.25) is 11.9 Å². The summed E-state index contributed by atoms with van der Waals surface area (Å²) >= 11 is 0. The molecule has 1 rings (SSSR count). The second kappa shape index (κ2) is 6.02. The molecule has 1 aromatic rings. The lowest BCUT2D eigenvalue weighted by atomic mass is 10.1. The van der Waals surface area contributed by atoms with Crippen molar-refractivity contribution in [2.24, 2.45) is 0 Å². The molecule has 0 bridgehead atoms. The van der Waals surface area contributed by atoms with Crippen LogP contribution in [0.3, 0.4) is 0 Å². The number of esters is 1. The summed E-state index contributed by atoms with van der Waals surface area (Å²) in [5.41, 5.74) is 0.0465. The number of phenolic OH excluding ortho intramolecular Hbond substituents is 1. The lowest BCUT2D eigenvalue weighted by Gasteiger charge is -2.10. The Morgan fingerprint density at radius 1 is 1.39 bits per heavy atom. The van der Waals surface area contributed by atoms with Crippen molar-refractivity contribution >= 4 is 11.8 Å². The van der Waals surface area contributed by atoms with Crippen molar-refractivity contribution in [3.05, 3.63) is 23.8 Å². The van der Waals surface area contributed by atoms with E-state index in [1.54, 1.807) is 6.92 Å². The van der Waals surface area contributed by atoms with E-state index < -0.39 is 17.9 Å². The second-order valence-corrected chi connectivity index (χ2v) is 3.41. The van der Waals surface area contributed by atoms with Gasteiger partial charge in [-0.1, -0.05) is 0 Å². The maximum Gasteiger partial charge on any atom is 0.343 e. The average molecular weight is 254 g/mol. The number of hydrogen-bond donors (Lipinski definition) is 2. The van der Waals surface area contributed by atoms with E-state index in [4.69, 9.17) is 4.74 Å². The highest BCUT2D eigenvalue weighted by Gasteiger charge is 2.26. The third-order valence-electron chi connectivity index (χ3n) is 2.22. The molecule has 1 atom stereocenters. The smallest absolute Gasteiger partial charge is 0.343 e. The number of methoxy groups -OCH3 is 1. The molecule has 0 fully saturated rings. The number of aromatic hydroxyl groups is 1. The van der Waals surface area contributed by atoms with E-state index in [1.165, 1.54) is 25.3 Å². The Morgan fingerprint density at radius 2 is 2.06 bits per heavy atom. The summed E-state index contributed by atoms with van der Waals surface area (Å²) in [6.07, 6.45) is -1.88. The van der Waals surface area contributed by atoms with Crippen LogP contribution in [-0.2, 0) is 9.53 Å². The lowest BCUT2D eigenvalue weighted by molar-refractivity contribution is -0.150. The monoisotopic (exact) mass is 254 g/mol. The van der Waals surface area contributed by atoms with Crippen LogP contribution in [0.25, 0.3) is 0 Å². The maximum atomic E-state index is 11.8. The number of carbonyl (C=O) groups is 2. The number of rotatable bonds is 5. The van der Waals surface area contributed by atoms with Crippen LogP contribution in [-0.4, -0.2) is 41.8 Å². The first-order valence-electron chi connectivity index (χ1n) is 5.27. The van der Waals surface area contributed by atoms with Gasteiger partial charge in [-0.05, 0) is 25.1 Å². The predicted octanol–water partition coefficient (Wildman–Crippen LogP) is 0.507. The molecule has 0 spiro atoms. The van der Waals surface area contributed by atoms with Crippen molar-refractivity contribution in [2.45, 2.75) is 13.0 Å². The van der Waals surface area contributed by atoms with E-state index in [0.29, 0.717) is 0 Å². The largest absolute Gasteiger partial charge is 0.504 e. The topological polar surface area (TPSA) is 93.1 Å². The van der Waals surface area contributed by atoms with Crippen LogP contribution in [0.15, 0.2) is 18.2 Å². The van der Waals surface area contributed by atoms with Gasteiger partial charge in [0, 0.05) is 5.56 Å². The summed E-state index contributed by atoms with van der Waals surface area (Å²) < 4.78 is 9.36. The predicted molar refractivity (Wildman–Crippen MR) is 61.6 cm³/mol. The zero-order chi connectivity index (χ0) is 13.7. The number of aliphatic hydroxyl groups excluding tert-OH is 1. The van der Waals surface area contributed by atoms with E-state index in [1.807, 2.05) is 0 Å². The number of hydrogen-bond acceptors (Lipinski definition) is 6. The number of aliphatic hydroxyl groups is 1. The fraction of sp³-hybridized carbons (Fsp3) is 0.333. The summed E-state index contributed by atoms with van der Waals surface area (Å²) in [6, 6.07) is 3.76. The fourth-order valence-electron chi connectivity index (χ4n) is 1.32. The number of phenols is 1. The Morgan fingerprint density at radius 3 is 2.61 bits per heavy atom. The van der Waals surface area contributed by atoms with Crippen LogP contribution in [0.1, 0.15) is 17.3 Å². The molecule has 6 heteroatoms. The van der Waals surface area contributed by atoms with Crippen molar-refractivity contribution in [1.29, 1.82) is 0 Å². The Bertz CT molecular complexity index is 454. The highest BCUT2D eigenvalue weighted by atomic mass is 16.5. The SMILES string of the molecule is CCOC(=O)C(O)C(=O)c1ccc(O)c(OC)c1. The molecule has 0 radical (unpaired) electrons. The van der Waals surface area contributed by atoms with Gasteiger partial charge >= 0.3 is 5.97 Å². The molecular formula is C12H14O6. The van der Waals surface area contributed by atoms with E-state index in [0.717, 1.165) is 0 Å². The van der Waals surface area contributed by atoms with E-state index in [-0.39, 0.29) is 23.7 Å². The zero-order valence-electron chi connectivity index (χ0n) is 10.0. The number of benzene rings is 1. The van der Waals surface area contributed by atoms with Gasteiger partial charge in [-0.15, -0.1) is 0 Å². The molecule has 0 aliphatic rings. The standard InChI is InChI=1S/C12H14O6/c1-3-18-12(16)11(15)10(14)7-4-5-8(13)9(6-7)17-2/h4-6,11,13,15H,3H2,1-2H3. The lowest BCUT2D eigenvalue weighted by Crippen LogP contribution is -2.31. The average Bonchev–Trinajstić information content (AvgIpc) is 2.38. The third kappa shape index (κ3) is 2.98. The van der Waals surface area contributed by atoms with Crippen molar-refractivity contribution < 1.29 is 29.3 Å². The molecule has 1 unspecified atom stereocenters.